The Morgan fingerprint density at radius 1 is 1.12 bits per heavy atom. The summed E-state index contributed by atoms with van der Waals surface area (Å²) in [5.74, 6) is -3.01. The molecule has 3 fully saturated rings. The normalized spacial score (nSPS) is 31.6. The number of carbonyl (C=O) groups is 1. The van der Waals surface area contributed by atoms with Crippen LogP contribution in [-0.4, -0.2) is 60.0 Å². The number of aryl methyl sites for hydroxylation is 1. The van der Waals surface area contributed by atoms with Gasteiger partial charge in [-0.2, -0.15) is 0 Å². The number of hydrogen-bond acceptors (Lipinski definition) is 5. The van der Waals surface area contributed by atoms with E-state index in [4.69, 9.17) is 4.98 Å². The van der Waals surface area contributed by atoms with Crippen LogP contribution in [0.5, 0.6) is 0 Å². The van der Waals surface area contributed by atoms with Gasteiger partial charge in [-0.15, -0.1) is 11.3 Å². The second kappa shape index (κ2) is 12.7. The van der Waals surface area contributed by atoms with Crippen LogP contribution >= 0.6 is 11.3 Å². The van der Waals surface area contributed by atoms with Crippen molar-refractivity contribution < 1.29 is 42.8 Å². The van der Waals surface area contributed by atoms with Gasteiger partial charge in [0.25, 0.3) is 0 Å². The minimum absolute atomic E-state index is 0. The molecule has 2 saturated heterocycles. The molecule has 1 saturated carbocycles. The van der Waals surface area contributed by atoms with Gasteiger partial charge in [0.1, 0.15) is 5.82 Å². The Kier molecular flexibility index (Phi) is 10.1. The molecule has 1 spiro atoms. The third-order valence-corrected chi connectivity index (χ3v) is 11.1. The summed E-state index contributed by atoms with van der Waals surface area (Å²) >= 11 is 1.71. The molecule has 2 aromatic rings. The Labute approximate surface area is 257 Å². The summed E-state index contributed by atoms with van der Waals surface area (Å²) in [4.78, 5) is 22.7. The van der Waals surface area contributed by atoms with E-state index in [1.807, 2.05) is 24.0 Å². The lowest BCUT2D eigenvalue weighted by atomic mass is 9.72. The third kappa shape index (κ3) is 6.17. The van der Waals surface area contributed by atoms with Crippen molar-refractivity contribution in [1.29, 1.82) is 0 Å². The minimum atomic E-state index is -2.63. The summed E-state index contributed by atoms with van der Waals surface area (Å²) in [6, 6.07) is 6.99. The Morgan fingerprint density at radius 2 is 1.85 bits per heavy atom. The van der Waals surface area contributed by atoms with E-state index >= 15 is 0 Å². The molecule has 1 aliphatic carbocycles. The summed E-state index contributed by atoms with van der Waals surface area (Å²) in [5, 5.41) is 8.23. The zero-order valence-corrected chi connectivity index (χ0v) is 25.9. The summed E-state index contributed by atoms with van der Waals surface area (Å²) in [6.07, 6.45) is 2.67. The lowest BCUT2D eigenvalue weighted by Crippen LogP contribution is -3.00. The zero-order valence-electron chi connectivity index (χ0n) is 23.6. The van der Waals surface area contributed by atoms with Gasteiger partial charge < -0.3 is 40.3 Å². The largest absolute Gasteiger partial charge is 1.00 e. The first kappa shape index (κ1) is 32.5. The van der Waals surface area contributed by atoms with Crippen molar-refractivity contribution in [3.8, 4) is 0 Å². The predicted octanol–water partition coefficient (Wildman–Crippen LogP) is -0.810. The maximum Gasteiger partial charge on any atom is 0.248 e. The van der Waals surface area contributed by atoms with E-state index in [1.54, 1.807) is 17.4 Å². The molecule has 5 nitrogen and oxygen atoms in total. The second-order valence-corrected chi connectivity index (χ2v) is 13.6. The maximum atomic E-state index is 14.8. The average molecular weight is 632 g/mol. The van der Waals surface area contributed by atoms with Crippen LogP contribution in [0.1, 0.15) is 72.5 Å². The number of likely N-dealkylation sites (tertiary alicyclic amines) is 1. The van der Waals surface area contributed by atoms with E-state index in [0.29, 0.717) is 57.4 Å². The van der Waals surface area contributed by atoms with E-state index in [9.17, 15) is 18.0 Å². The van der Waals surface area contributed by atoms with Crippen molar-refractivity contribution in [3.63, 3.8) is 0 Å². The quantitative estimate of drug-likeness (QED) is 0.466. The summed E-state index contributed by atoms with van der Waals surface area (Å²) in [7, 11) is 0. The highest BCUT2D eigenvalue weighted by Gasteiger charge is 2.54. The highest BCUT2D eigenvalue weighted by molar-refractivity contribution is 7.11. The van der Waals surface area contributed by atoms with Gasteiger partial charge in [-0.05, 0) is 63.0 Å². The molecule has 41 heavy (non-hydrogen) atoms. The maximum absolute atomic E-state index is 14.8. The number of rotatable bonds is 3. The molecular weight excluding hydrogens is 592 g/mol. The van der Waals surface area contributed by atoms with E-state index < -0.39 is 5.92 Å². The SMILES string of the molecule is Cc1nc2c(s1)[C@@]1(CNC[C@H]1C(=O)N1CC[C@@H](c3ccccc3F)C[C@H]1C1CCC(F)(F)CC1)CN[C@H](C)C2.[Cl-].[Cl-]. The lowest BCUT2D eigenvalue weighted by molar-refractivity contribution is -0.143. The number of halogens is 5. The van der Waals surface area contributed by atoms with Gasteiger partial charge in [-0.3, -0.25) is 4.79 Å². The molecule has 228 valence electrons. The van der Waals surface area contributed by atoms with Crippen molar-refractivity contribution in [1.82, 2.24) is 20.5 Å². The van der Waals surface area contributed by atoms with Crippen LogP contribution in [0.2, 0.25) is 0 Å². The van der Waals surface area contributed by atoms with Gasteiger partial charge in [-0.1, -0.05) is 18.2 Å². The van der Waals surface area contributed by atoms with Crippen LogP contribution in [0.3, 0.4) is 0 Å². The lowest BCUT2D eigenvalue weighted by Gasteiger charge is -2.47. The van der Waals surface area contributed by atoms with Crippen LogP contribution in [0.25, 0.3) is 0 Å². The van der Waals surface area contributed by atoms with E-state index in [0.717, 1.165) is 17.1 Å². The first-order valence-corrected chi connectivity index (χ1v) is 15.3. The number of alkyl halides is 2. The zero-order chi connectivity index (χ0) is 27.4. The van der Waals surface area contributed by atoms with Gasteiger partial charge in [0.15, 0.2) is 0 Å². The smallest absolute Gasteiger partial charge is 0.248 e. The van der Waals surface area contributed by atoms with Crippen molar-refractivity contribution in [3.05, 3.63) is 51.2 Å². The molecule has 0 unspecified atom stereocenters. The molecule has 0 bridgehead atoms. The highest BCUT2D eigenvalue weighted by atomic mass is 35.5. The Hall–Kier alpha value is -1.39. The second-order valence-electron chi connectivity index (χ2n) is 12.4. The fraction of sp³-hybridized carbons (Fsp3) is 0.667. The molecule has 2 N–H and O–H groups in total. The Balaban J connectivity index is 0.00000194. The molecule has 0 radical (unpaired) electrons. The van der Waals surface area contributed by atoms with Crippen LogP contribution in [0.4, 0.5) is 13.2 Å². The number of nitrogens with zero attached hydrogens (tertiary/aromatic N) is 2. The number of piperidine rings is 1. The summed E-state index contributed by atoms with van der Waals surface area (Å²) in [6.45, 7) is 6.74. The van der Waals surface area contributed by atoms with Gasteiger partial charge in [0, 0.05) is 67.8 Å². The topological polar surface area (TPSA) is 57.3 Å². The fourth-order valence-corrected chi connectivity index (χ4v) is 8.94. The van der Waals surface area contributed by atoms with Crippen molar-refractivity contribution in [2.24, 2.45) is 11.8 Å². The van der Waals surface area contributed by atoms with Crippen LogP contribution in [-0.2, 0) is 16.6 Å². The van der Waals surface area contributed by atoms with E-state index in [2.05, 4.69) is 17.6 Å². The summed E-state index contributed by atoms with van der Waals surface area (Å²) < 4.78 is 43.1. The number of hydrogen-bond donors (Lipinski definition) is 2. The van der Waals surface area contributed by atoms with Gasteiger partial charge in [-0.25, -0.2) is 18.2 Å². The molecule has 5 atom stereocenters. The van der Waals surface area contributed by atoms with Crippen LogP contribution in [0, 0.1) is 24.6 Å². The molecule has 1 aromatic carbocycles. The summed E-state index contributed by atoms with van der Waals surface area (Å²) in [5.41, 5.74) is 1.40. The number of amides is 1. The standard InChI is InChI=1S/C30H39F3N4OS.2ClH/c1-18-13-25-27(39-19(2)36-25)29(17-35-18)16-34-15-23(29)28(38)37-12-9-21(22-5-3-4-6-24(22)31)14-26(37)20-7-10-30(32,33)11-8-20;;/h3-6,18,20-21,23,26,34-35H,7-17H2,1-2H3;2*1H/p-2/t18-,21-,23+,26+,29+;;/m1../s1. The average Bonchev–Trinajstić information content (AvgIpc) is 3.47. The molecular formula is C30H39Cl2F3N4OS-2. The monoisotopic (exact) mass is 630 g/mol. The molecule has 6 rings (SSSR count). The molecule has 11 heteroatoms. The number of fused-ring (bicyclic) bond motifs is 2. The predicted molar refractivity (Wildman–Crippen MR) is 147 cm³/mol. The molecule has 4 heterocycles. The van der Waals surface area contributed by atoms with E-state index in [1.165, 1.54) is 10.9 Å². The molecule has 1 amide bonds. The van der Waals surface area contributed by atoms with Crippen molar-refractivity contribution >= 4 is 17.2 Å². The van der Waals surface area contributed by atoms with Gasteiger partial charge in [0.2, 0.25) is 11.8 Å². The van der Waals surface area contributed by atoms with Crippen molar-refractivity contribution in [2.75, 3.05) is 26.2 Å². The molecule has 1 aromatic heterocycles. The van der Waals surface area contributed by atoms with Gasteiger partial charge >= 0.3 is 0 Å². The number of aromatic nitrogens is 1. The van der Waals surface area contributed by atoms with Crippen molar-refractivity contribution in [2.45, 2.75) is 88.1 Å². The third-order valence-electron chi connectivity index (χ3n) is 9.85. The first-order chi connectivity index (χ1) is 18.7. The Bertz CT molecular complexity index is 1220. The number of benzene rings is 1. The number of nitrogens with one attached hydrogen (secondary N) is 2. The molecule has 3 aliphatic heterocycles. The Morgan fingerprint density at radius 3 is 2.59 bits per heavy atom. The van der Waals surface area contributed by atoms with Crippen LogP contribution < -0.4 is 35.4 Å². The van der Waals surface area contributed by atoms with Gasteiger partial charge in [0.05, 0.1) is 16.6 Å². The number of thiazole rings is 1. The number of carbonyl (C=O) groups excluding carboxylic acids is 1. The van der Waals surface area contributed by atoms with E-state index in [-0.39, 0.29) is 84.6 Å². The fourth-order valence-electron chi connectivity index (χ4n) is 7.76. The minimum Gasteiger partial charge on any atom is -1.00 e. The highest BCUT2D eigenvalue weighted by Crippen LogP contribution is 2.47. The van der Waals surface area contributed by atoms with Crippen LogP contribution in [0.15, 0.2) is 24.3 Å². The molecule has 4 aliphatic rings. The first-order valence-electron chi connectivity index (χ1n) is 14.5.